The van der Waals surface area contributed by atoms with Crippen LogP contribution >= 0.6 is 11.6 Å². The van der Waals surface area contributed by atoms with Crippen LogP contribution in [-0.2, 0) is 6.54 Å². The minimum absolute atomic E-state index is 0.123. The number of amides is 1. The van der Waals surface area contributed by atoms with Gasteiger partial charge >= 0.3 is 0 Å². The SMILES string of the molecule is Cc1ccc(Cn2nc(C)c(C(=O)N(C)C)c2Cl)cc1. The van der Waals surface area contributed by atoms with Crippen LogP contribution in [0.15, 0.2) is 24.3 Å². The molecule has 2 aromatic rings. The van der Waals surface area contributed by atoms with Crippen molar-refractivity contribution in [3.63, 3.8) is 0 Å². The number of rotatable bonds is 3. The van der Waals surface area contributed by atoms with Gasteiger partial charge in [0, 0.05) is 14.1 Å². The fraction of sp³-hybridized carbons (Fsp3) is 0.333. The smallest absolute Gasteiger partial charge is 0.258 e. The van der Waals surface area contributed by atoms with Gasteiger partial charge in [0.1, 0.15) is 5.15 Å². The Morgan fingerprint density at radius 2 is 1.85 bits per heavy atom. The van der Waals surface area contributed by atoms with E-state index in [4.69, 9.17) is 11.6 Å². The maximum absolute atomic E-state index is 12.1. The molecule has 1 aromatic heterocycles. The maximum atomic E-state index is 12.1. The second-order valence-electron chi connectivity index (χ2n) is 5.09. The lowest BCUT2D eigenvalue weighted by Gasteiger charge is -2.09. The number of aromatic nitrogens is 2. The van der Waals surface area contributed by atoms with E-state index in [0.717, 1.165) is 5.56 Å². The van der Waals surface area contributed by atoms with Crippen LogP contribution in [0.5, 0.6) is 0 Å². The third kappa shape index (κ3) is 2.85. The molecule has 0 fully saturated rings. The molecular weight excluding hydrogens is 274 g/mol. The van der Waals surface area contributed by atoms with E-state index in [9.17, 15) is 4.79 Å². The lowest BCUT2D eigenvalue weighted by molar-refractivity contribution is 0.0827. The van der Waals surface area contributed by atoms with Gasteiger partial charge in [-0.3, -0.25) is 4.79 Å². The van der Waals surface area contributed by atoms with Crippen LogP contribution in [0.1, 0.15) is 27.2 Å². The molecule has 0 N–H and O–H groups in total. The fourth-order valence-corrected chi connectivity index (χ4v) is 2.31. The Hall–Kier alpha value is -1.81. The van der Waals surface area contributed by atoms with Crippen LogP contribution in [-0.4, -0.2) is 34.7 Å². The Morgan fingerprint density at radius 3 is 2.40 bits per heavy atom. The van der Waals surface area contributed by atoms with Crippen LogP contribution in [0, 0.1) is 13.8 Å². The van der Waals surface area contributed by atoms with Gasteiger partial charge in [-0.2, -0.15) is 5.10 Å². The van der Waals surface area contributed by atoms with Crippen LogP contribution in [0.3, 0.4) is 0 Å². The molecule has 106 valence electrons. The number of hydrogen-bond donors (Lipinski definition) is 0. The van der Waals surface area contributed by atoms with E-state index in [1.54, 1.807) is 25.7 Å². The summed E-state index contributed by atoms with van der Waals surface area (Å²) in [6, 6.07) is 8.17. The highest BCUT2D eigenvalue weighted by atomic mass is 35.5. The van der Waals surface area contributed by atoms with Gasteiger partial charge in [0.05, 0.1) is 17.8 Å². The minimum Gasteiger partial charge on any atom is -0.345 e. The summed E-state index contributed by atoms with van der Waals surface area (Å²) in [6.45, 7) is 4.40. The van der Waals surface area contributed by atoms with E-state index >= 15 is 0 Å². The second kappa shape index (κ2) is 5.67. The van der Waals surface area contributed by atoms with Crippen LogP contribution in [0.2, 0.25) is 5.15 Å². The molecule has 20 heavy (non-hydrogen) atoms. The van der Waals surface area contributed by atoms with E-state index < -0.39 is 0 Å². The van der Waals surface area contributed by atoms with Gasteiger partial charge in [0.15, 0.2) is 0 Å². The van der Waals surface area contributed by atoms with E-state index in [0.29, 0.717) is 23.0 Å². The average molecular weight is 292 g/mol. The summed E-state index contributed by atoms with van der Waals surface area (Å²) in [5, 5.41) is 4.76. The third-order valence-corrected chi connectivity index (χ3v) is 3.52. The van der Waals surface area contributed by atoms with Crippen LogP contribution < -0.4 is 0 Å². The summed E-state index contributed by atoms with van der Waals surface area (Å²) in [5.41, 5.74) is 3.44. The molecule has 2 rings (SSSR count). The Kier molecular flexibility index (Phi) is 4.14. The molecule has 4 nitrogen and oxygen atoms in total. The number of aryl methyl sites for hydroxylation is 2. The molecule has 0 unspecified atom stereocenters. The highest BCUT2D eigenvalue weighted by Crippen LogP contribution is 2.22. The van der Waals surface area contributed by atoms with Crippen molar-refractivity contribution in [2.75, 3.05) is 14.1 Å². The molecule has 0 aliphatic rings. The summed E-state index contributed by atoms with van der Waals surface area (Å²) < 4.78 is 1.66. The summed E-state index contributed by atoms with van der Waals surface area (Å²) in [6.07, 6.45) is 0. The minimum atomic E-state index is -0.123. The van der Waals surface area contributed by atoms with Gasteiger partial charge in [0.25, 0.3) is 5.91 Å². The maximum Gasteiger partial charge on any atom is 0.258 e. The van der Waals surface area contributed by atoms with Crippen molar-refractivity contribution >= 4 is 17.5 Å². The van der Waals surface area contributed by atoms with Crippen molar-refractivity contribution in [2.24, 2.45) is 0 Å². The monoisotopic (exact) mass is 291 g/mol. The lowest BCUT2D eigenvalue weighted by Crippen LogP contribution is -2.22. The van der Waals surface area contributed by atoms with Crippen molar-refractivity contribution in [3.8, 4) is 0 Å². The zero-order valence-electron chi connectivity index (χ0n) is 12.1. The first-order valence-corrected chi connectivity index (χ1v) is 6.78. The quantitative estimate of drug-likeness (QED) is 0.872. The fourth-order valence-electron chi connectivity index (χ4n) is 1.99. The van der Waals surface area contributed by atoms with Crippen molar-refractivity contribution < 1.29 is 4.79 Å². The highest BCUT2D eigenvalue weighted by molar-refractivity contribution is 6.33. The predicted octanol–water partition coefficient (Wildman–Crippen LogP) is 2.90. The van der Waals surface area contributed by atoms with Crippen molar-refractivity contribution in [1.82, 2.24) is 14.7 Å². The Balaban J connectivity index is 2.32. The molecule has 1 aromatic carbocycles. The van der Waals surface area contributed by atoms with Gasteiger partial charge in [-0.15, -0.1) is 0 Å². The van der Waals surface area contributed by atoms with Crippen molar-refractivity contribution in [3.05, 3.63) is 51.8 Å². The number of hydrogen-bond acceptors (Lipinski definition) is 2. The van der Waals surface area contributed by atoms with Crippen molar-refractivity contribution in [1.29, 1.82) is 0 Å². The Labute approximate surface area is 124 Å². The third-order valence-electron chi connectivity index (χ3n) is 3.14. The molecule has 0 bridgehead atoms. The van der Waals surface area contributed by atoms with Crippen LogP contribution in [0.4, 0.5) is 0 Å². The average Bonchev–Trinajstić information content (AvgIpc) is 2.66. The molecule has 0 aliphatic heterocycles. The second-order valence-corrected chi connectivity index (χ2v) is 5.45. The van der Waals surface area contributed by atoms with E-state index in [2.05, 4.69) is 5.10 Å². The molecule has 1 heterocycles. The molecule has 0 saturated heterocycles. The lowest BCUT2D eigenvalue weighted by atomic mass is 10.1. The number of carbonyl (C=O) groups excluding carboxylic acids is 1. The first-order chi connectivity index (χ1) is 9.40. The molecular formula is C15H18ClN3O. The zero-order chi connectivity index (χ0) is 14.9. The number of benzene rings is 1. The number of nitrogens with zero attached hydrogens (tertiary/aromatic N) is 3. The number of carbonyl (C=O) groups is 1. The molecule has 0 saturated carbocycles. The van der Waals surface area contributed by atoms with E-state index in [1.165, 1.54) is 10.5 Å². The van der Waals surface area contributed by atoms with Gasteiger partial charge < -0.3 is 4.90 Å². The standard InChI is InChI=1S/C15H18ClN3O/c1-10-5-7-12(8-6-10)9-19-14(16)13(11(2)17-19)15(20)18(3)4/h5-8H,9H2,1-4H3. The van der Waals surface area contributed by atoms with Gasteiger partial charge in [-0.1, -0.05) is 41.4 Å². The molecule has 0 spiro atoms. The van der Waals surface area contributed by atoms with E-state index in [-0.39, 0.29) is 5.91 Å². The van der Waals surface area contributed by atoms with Gasteiger partial charge in [-0.05, 0) is 19.4 Å². The Morgan fingerprint density at radius 1 is 1.25 bits per heavy atom. The van der Waals surface area contributed by atoms with Gasteiger partial charge in [0.2, 0.25) is 0 Å². The molecule has 0 aliphatic carbocycles. The predicted molar refractivity (Wildman–Crippen MR) is 80.3 cm³/mol. The molecule has 1 amide bonds. The van der Waals surface area contributed by atoms with Gasteiger partial charge in [-0.25, -0.2) is 4.68 Å². The first-order valence-electron chi connectivity index (χ1n) is 6.40. The molecule has 0 atom stereocenters. The number of halogens is 1. The van der Waals surface area contributed by atoms with Crippen LogP contribution in [0.25, 0.3) is 0 Å². The summed E-state index contributed by atoms with van der Waals surface area (Å²) >= 11 is 6.30. The summed E-state index contributed by atoms with van der Waals surface area (Å²) in [5.74, 6) is -0.123. The topological polar surface area (TPSA) is 38.1 Å². The molecule has 0 radical (unpaired) electrons. The Bertz CT molecular complexity index is 629. The summed E-state index contributed by atoms with van der Waals surface area (Å²) in [4.78, 5) is 13.6. The largest absolute Gasteiger partial charge is 0.345 e. The molecule has 5 heteroatoms. The summed E-state index contributed by atoms with van der Waals surface area (Å²) in [7, 11) is 3.41. The normalized spacial score (nSPS) is 10.7. The first kappa shape index (κ1) is 14.6. The van der Waals surface area contributed by atoms with E-state index in [1.807, 2.05) is 31.2 Å². The van der Waals surface area contributed by atoms with Crippen molar-refractivity contribution in [2.45, 2.75) is 20.4 Å². The highest BCUT2D eigenvalue weighted by Gasteiger charge is 2.21. The zero-order valence-corrected chi connectivity index (χ0v) is 12.9.